The molecule has 0 spiro atoms. The third kappa shape index (κ3) is 4.22. The highest BCUT2D eigenvalue weighted by Crippen LogP contribution is 2.49. The number of aliphatic hydroxyl groups excluding tert-OH is 1. The SMILES string of the molecule is O=C(Nc1cccc(-c2ccc(S(=O)(=O)N3CCC[C@@H]3CO)cc2)n1)C1(c2ccc3occc3c2)CC1.[HH].[HH]. The van der Waals surface area contributed by atoms with Gasteiger partial charge in [0.05, 0.1) is 28.9 Å². The van der Waals surface area contributed by atoms with Crippen molar-refractivity contribution in [3.8, 4) is 11.3 Å². The molecule has 1 aliphatic heterocycles. The number of amides is 1. The zero-order valence-electron chi connectivity index (χ0n) is 20.1. The Morgan fingerprint density at radius 1 is 1.14 bits per heavy atom. The first-order chi connectivity index (χ1) is 17.9. The van der Waals surface area contributed by atoms with Crippen LogP contribution in [-0.4, -0.2) is 47.9 Å². The van der Waals surface area contributed by atoms with Gasteiger partial charge >= 0.3 is 0 Å². The Balaban J connectivity index is 0.00000176. The van der Waals surface area contributed by atoms with Crippen LogP contribution in [0.3, 0.4) is 0 Å². The van der Waals surface area contributed by atoms with Crippen molar-refractivity contribution in [2.75, 3.05) is 18.5 Å². The third-order valence-electron chi connectivity index (χ3n) is 7.47. The van der Waals surface area contributed by atoms with E-state index in [1.807, 2.05) is 36.4 Å². The lowest BCUT2D eigenvalue weighted by Crippen LogP contribution is -2.37. The van der Waals surface area contributed by atoms with Gasteiger partial charge in [0.25, 0.3) is 0 Å². The predicted molar refractivity (Wildman–Crippen MR) is 144 cm³/mol. The minimum atomic E-state index is -3.68. The number of anilines is 1. The van der Waals surface area contributed by atoms with E-state index in [9.17, 15) is 18.3 Å². The van der Waals surface area contributed by atoms with Gasteiger partial charge in [0, 0.05) is 26.4 Å². The molecule has 2 fully saturated rings. The third-order valence-corrected chi connectivity index (χ3v) is 9.44. The number of nitrogens with one attached hydrogen (secondary N) is 1. The number of aromatic nitrogens is 1. The highest BCUT2D eigenvalue weighted by molar-refractivity contribution is 7.89. The summed E-state index contributed by atoms with van der Waals surface area (Å²) in [6.07, 6.45) is 4.58. The van der Waals surface area contributed by atoms with Crippen molar-refractivity contribution < 1.29 is 25.6 Å². The lowest BCUT2D eigenvalue weighted by molar-refractivity contribution is -0.118. The van der Waals surface area contributed by atoms with Crippen LogP contribution in [0, 0.1) is 0 Å². The highest BCUT2D eigenvalue weighted by atomic mass is 32.2. The van der Waals surface area contributed by atoms with Crippen molar-refractivity contribution in [3.63, 3.8) is 0 Å². The van der Waals surface area contributed by atoms with Crippen LogP contribution < -0.4 is 5.32 Å². The zero-order chi connectivity index (χ0) is 25.6. The first kappa shape index (κ1) is 23.8. The second kappa shape index (κ2) is 9.09. The van der Waals surface area contributed by atoms with Gasteiger partial charge in [-0.3, -0.25) is 4.79 Å². The van der Waals surface area contributed by atoms with Gasteiger partial charge in [-0.05, 0) is 73.7 Å². The fourth-order valence-electron chi connectivity index (χ4n) is 5.18. The summed E-state index contributed by atoms with van der Waals surface area (Å²) < 4.78 is 32.9. The summed E-state index contributed by atoms with van der Waals surface area (Å²) >= 11 is 0. The van der Waals surface area contributed by atoms with Gasteiger partial charge in [0.2, 0.25) is 15.9 Å². The molecule has 1 aliphatic carbocycles. The Hall–Kier alpha value is -3.53. The van der Waals surface area contributed by atoms with Gasteiger partial charge in [0.15, 0.2) is 0 Å². The molecule has 1 atom stereocenters. The molecule has 2 aromatic carbocycles. The largest absolute Gasteiger partial charge is 0.464 e. The normalized spacial score (nSPS) is 19.2. The number of nitrogens with zero attached hydrogens (tertiary/aromatic N) is 2. The van der Waals surface area contributed by atoms with Crippen LogP contribution in [0.2, 0.25) is 0 Å². The van der Waals surface area contributed by atoms with Crippen LogP contribution in [-0.2, 0) is 20.2 Å². The number of carbonyl (C=O) groups is 1. The summed E-state index contributed by atoms with van der Waals surface area (Å²) in [6.45, 7) is 0.231. The van der Waals surface area contributed by atoms with Crippen molar-refractivity contribution in [2.45, 2.75) is 42.0 Å². The van der Waals surface area contributed by atoms with Crippen molar-refractivity contribution in [3.05, 3.63) is 78.6 Å². The molecule has 4 aromatic rings. The summed E-state index contributed by atoms with van der Waals surface area (Å²) in [4.78, 5) is 18.1. The van der Waals surface area contributed by atoms with E-state index in [1.165, 1.54) is 4.31 Å². The first-order valence-electron chi connectivity index (χ1n) is 12.4. The van der Waals surface area contributed by atoms with Crippen molar-refractivity contribution in [1.82, 2.24) is 9.29 Å². The smallest absolute Gasteiger partial charge is 0.243 e. The summed E-state index contributed by atoms with van der Waals surface area (Å²) in [5, 5.41) is 13.5. The van der Waals surface area contributed by atoms with Crippen LogP contribution in [0.5, 0.6) is 0 Å². The number of hydrogen-bond acceptors (Lipinski definition) is 6. The Labute approximate surface area is 218 Å². The van der Waals surface area contributed by atoms with Gasteiger partial charge in [-0.1, -0.05) is 24.3 Å². The number of furan rings is 1. The maximum Gasteiger partial charge on any atom is 0.243 e. The molecule has 2 aromatic heterocycles. The van der Waals surface area contributed by atoms with E-state index in [1.54, 1.807) is 36.6 Å². The Bertz CT molecular complexity index is 1590. The number of pyridine rings is 1. The standard InChI is InChI=1S/C28H27N3O5S.2H2/c32-18-22-3-2-15-31(22)37(34,35)23-9-6-19(7-10-23)24-4-1-5-26(29-24)30-27(33)28(13-14-28)21-8-11-25-20(17-21)12-16-36-25;;/h1,4-12,16-17,22,32H,2-3,13-15,18H2,(H,29,30,33);2*1H/t22-;;/m1../s1. The minimum Gasteiger partial charge on any atom is -0.464 e. The molecule has 0 radical (unpaired) electrons. The van der Waals surface area contributed by atoms with Gasteiger partial charge in [-0.15, -0.1) is 0 Å². The molecule has 0 bridgehead atoms. The Kier molecular flexibility index (Phi) is 5.86. The van der Waals surface area contributed by atoms with E-state index in [2.05, 4.69) is 10.3 Å². The van der Waals surface area contributed by atoms with Crippen molar-refractivity contribution >= 4 is 32.7 Å². The summed E-state index contributed by atoms with van der Waals surface area (Å²) in [6, 6.07) is 19.3. The lowest BCUT2D eigenvalue weighted by atomic mass is 9.94. The van der Waals surface area contributed by atoms with Crippen LogP contribution >= 0.6 is 0 Å². The lowest BCUT2D eigenvalue weighted by Gasteiger charge is -2.22. The predicted octanol–water partition coefficient (Wildman–Crippen LogP) is 4.80. The van der Waals surface area contributed by atoms with Gasteiger partial charge < -0.3 is 14.8 Å². The van der Waals surface area contributed by atoms with Gasteiger partial charge in [0.1, 0.15) is 11.4 Å². The maximum atomic E-state index is 13.3. The molecule has 3 heterocycles. The second-order valence-electron chi connectivity index (χ2n) is 9.74. The number of sulfonamides is 1. The maximum absolute atomic E-state index is 13.3. The van der Waals surface area contributed by atoms with Gasteiger partial charge in [-0.2, -0.15) is 4.31 Å². The molecule has 8 nitrogen and oxygen atoms in total. The van der Waals surface area contributed by atoms with Crippen LogP contribution in [0.4, 0.5) is 5.82 Å². The molecule has 6 rings (SSSR count). The molecule has 1 saturated heterocycles. The fraction of sp³-hybridized carbons (Fsp3) is 0.286. The highest BCUT2D eigenvalue weighted by Gasteiger charge is 2.51. The van der Waals surface area contributed by atoms with Crippen LogP contribution in [0.25, 0.3) is 22.2 Å². The summed E-state index contributed by atoms with van der Waals surface area (Å²) in [5.74, 6) is 0.350. The number of benzene rings is 2. The number of aliphatic hydroxyl groups is 1. The minimum absolute atomic E-state index is 0. The van der Waals surface area contributed by atoms with E-state index < -0.39 is 15.4 Å². The summed E-state index contributed by atoms with van der Waals surface area (Å²) in [7, 11) is -3.68. The summed E-state index contributed by atoms with van der Waals surface area (Å²) in [5.41, 5.74) is 2.55. The van der Waals surface area contributed by atoms with E-state index in [-0.39, 0.29) is 26.3 Å². The average Bonchev–Trinajstić information content (AvgIpc) is 3.35. The molecule has 9 heteroatoms. The molecule has 2 N–H and O–H groups in total. The monoisotopic (exact) mass is 521 g/mol. The van der Waals surface area contributed by atoms with E-state index in [4.69, 9.17) is 4.42 Å². The average molecular weight is 522 g/mol. The number of fused-ring (bicyclic) bond motifs is 1. The Morgan fingerprint density at radius 2 is 1.95 bits per heavy atom. The molecule has 0 unspecified atom stereocenters. The number of carbonyl (C=O) groups excluding carboxylic acids is 1. The van der Waals surface area contributed by atoms with Crippen LogP contribution in [0.1, 0.15) is 34.1 Å². The molecule has 2 aliphatic rings. The molecule has 1 saturated carbocycles. The molecule has 1 amide bonds. The zero-order valence-corrected chi connectivity index (χ0v) is 20.9. The quantitative estimate of drug-likeness (QED) is 0.361. The van der Waals surface area contributed by atoms with Gasteiger partial charge in [-0.25, -0.2) is 13.4 Å². The second-order valence-corrected chi connectivity index (χ2v) is 11.6. The number of rotatable bonds is 7. The van der Waals surface area contributed by atoms with E-state index in [0.717, 1.165) is 41.4 Å². The van der Waals surface area contributed by atoms with Crippen LogP contribution in [0.15, 0.2) is 82.3 Å². The molecule has 194 valence electrons. The molecular weight excluding hydrogens is 490 g/mol. The fourth-order valence-corrected chi connectivity index (χ4v) is 6.86. The number of hydrogen-bond donors (Lipinski definition) is 2. The Morgan fingerprint density at radius 3 is 2.70 bits per heavy atom. The van der Waals surface area contributed by atoms with E-state index >= 15 is 0 Å². The molecule has 37 heavy (non-hydrogen) atoms. The van der Waals surface area contributed by atoms with Crippen molar-refractivity contribution in [2.24, 2.45) is 0 Å². The topological polar surface area (TPSA) is 113 Å². The first-order valence-corrected chi connectivity index (χ1v) is 13.8. The molecular formula is C28H31N3O5S. The van der Waals surface area contributed by atoms with E-state index in [0.29, 0.717) is 24.5 Å². The van der Waals surface area contributed by atoms with Crippen molar-refractivity contribution in [1.29, 1.82) is 0 Å².